The van der Waals surface area contributed by atoms with Crippen LogP contribution in [0.5, 0.6) is 11.6 Å². The Kier molecular flexibility index (Phi) is 5.00. The molecule has 1 amide bonds. The summed E-state index contributed by atoms with van der Waals surface area (Å²) in [5.41, 5.74) is -0.418. The van der Waals surface area contributed by atoms with E-state index in [1.54, 1.807) is 6.08 Å². The van der Waals surface area contributed by atoms with Crippen LogP contribution >= 0.6 is 0 Å². The molecule has 1 N–H and O–H groups in total. The summed E-state index contributed by atoms with van der Waals surface area (Å²) in [6.07, 6.45) is -2.18. The monoisotopic (exact) mass is 322 g/mol. The molecule has 0 fully saturated rings. The van der Waals surface area contributed by atoms with Crippen molar-refractivity contribution in [2.24, 2.45) is 0 Å². The Hall–Kier alpha value is -2.83. The third-order valence-corrected chi connectivity index (χ3v) is 2.81. The fourth-order valence-electron chi connectivity index (χ4n) is 1.67. The third kappa shape index (κ3) is 4.57. The Morgan fingerprint density at radius 2 is 1.91 bits per heavy atom. The van der Waals surface area contributed by atoms with Gasteiger partial charge in [-0.2, -0.15) is 13.2 Å². The molecule has 4 nitrogen and oxygen atoms in total. The summed E-state index contributed by atoms with van der Waals surface area (Å²) < 4.78 is 42.6. The number of pyridine rings is 1. The van der Waals surface area contributed by atoms with Gasteiger partial charge in [0.2, 0.25) is 5.88 Å². The van der Waals surface area contributed by atoms with Gasteiger partial charge < -0.3 is 10.1 Å². The van der Waals surface area contributed by atoms with Crippen LogP contribution < -0.4 is 10.1 Å². The molecule has 2 aromatic rings. The first kappa shape index (κ1) is 16.5. The molecule has 0 spiro atoms. The second kappa shape index (κ2) is 6.95. The first-order valence-electron chi connectivity index (χ1n) is 6.60. The zero-order valence-electron chi connectivity index (χ0n) is 11.9. The van der Waals surface area contributed by atoms with Gasteiger partial charge in [0.25, 0.3) is 5.91 Å². The lowest BCUT2D eigenvalue weighted by Gasteiger charge is -2.08. The fraction of sp³-hybridized carbons (Fsp3) is 0.125. The van der Waals surface area contributed by atoms with Gasteiger partial charge in [0.15, 0.2) is 0 Å². The lowest BCUT2D eigenvalue weighted by Crippen LogP contribution is -2.22. The minimum absolute atomic E-state index is 0.0295. The Morgan fingerprint density at radius 1 is 1.22 bits per heavy atom. The van der Waals surface area contributed by atoms with E-state index in [1.807, 2.05) is 0 Å². The van der Waals surface area contributed by atoms with E-state index in [0.29, 0.717) is 24.1 Å². The van der Waals surface area contributed by atoms with Crippen LogP contribution in [0.3, 0.4) is 0 Å². The van der Waals surface area contributed by atoms with E-state index in [4.69, 9.17) is 4.74 Å². The molecule has 0 atom stereocenters. The minimum Gasteiger partial charge on any atom is -0.439 e. The van der Waals surface area contributed by atoms with Crippen molar-refractivity contribution in [2.75, 3.05) is 6.54 Å². The van der Waals surface area contributed by atoms with Gasteiger partial charge in [-0.1, -0.05) is 6.08 Å². The summed E-state index contributed by atoms with van der Waals surface area (Å²) in [7, 11) is 0. The predicted molar refractivity (Wildman–Crippen MR) is 78.3 cm³/mol. The maximum Gasteiger partial charge on any atom is 0.417 e. The summed E-state index contributed by atoms with van der Waals surface area (Å²) in [4.78, 5) is 15.3. The van der Waals surface area contributed by atoms with E-state index in [0.717, 1.165) is 12.1 Å². The number of alkyl halides is 3. The zero-order chi connectivity index (χ0) is 16.9. The molecule has 0 aliphatic rings. The number of rotatable bonds is 5. The molecule has 120 valence electrons. The summed E-state index contributed by atoms with van der Waals surface area (Å²) in [5, 5.41) is 2.62. The number of nitrogens with zero attached hydrogens (tertiary/aromatic N) is 1. The van der Waals surface area contributed by atoms with Gasteiger partial charge in [0, 0.05) is 24.4 Å². The van der Waals surface area contributed by atoms with Crippen molar-refractivity contribution in [3.63, 3.8) is 0 Å². The molecule has 0 aliphatic heterocycles. The average Bonchev–Trinajstić information content (AvgIpc) is 2.53. The van der Waals surface area contributed by atoms with E-state index < -0.39 is 11.7 Å². The largest absolute Gasteiger partial charge is 0.439 e. The molecule has 2 rings (SSSR count). The van der Waals surface area contributed by atoms with Crippen molar-refractivity contribution in [3.05, 3.63) is 66.4 Å². The zero-order valence-corrected chi connectivity index (χ0v) is 11.9. The smallest absolute Gasteiger partial charge is 0.417 e. The molecule has 1 heterocycles. The van der Waals surface area contributed by atoms with E-state index in [9.17, 15) is 18.0 Å². The quantitative estimate of drug-likeness (QED) is 0.852. The predicted octanol–water partition coefficient (Wildman–Crippen LogP) is 3.81. The minimum atomic E-state index is -4.44. The maximum atomic E-state index is 12.4. The Morgan fingerprint density at radius 3 is 2.43 bits per heavy atom. The lowest BCUT2D eigenvalue weighted by atomic mass is 10.2. The highest BCUT2D eigenvalue weighted by Crippen LogP contribution is 2.30. The maximum absolute atomic E-state index is 12.4. The number of hydrogen-bond acceptors (Lipinski definition) is 3. The second-order valence-electron chi connectivity index (χ2n) is 4.51. The highest BCUT2D eigenvalue weighted by Gasteiger charge is 2.30. The number of carbonyl (C=O) groups excluding carboxylic acids is 1. The van der Waals surface area contributed by atoms with E-state index in [2.05, 4.69) is 16.9 Å². The normalized spacial score (nSPS) is 10.9. The van der Waals surface area contributed by atoms with Gasteiger partial charge in [0.1, 0.15) is 5.75 Å². The second-order valence-corrected chi connectivity index (χ2v) is 4.51. The van der Waals surface area contributed by atoms with Gasteiger partial charge in [0.05, 0.1) is 5.56 Å². The topological polar surface area (TPSA) is 51.2 Å². The number of benzene rings is 1. The van der Waals surface area contributed by atoms with Crippen LogP contribution in [-0.4, -0.2) is 17.4 Å². The van der Waals surface area contributed by atoms with Gasteiger partial charge >= 0.3 is 6.18 Å². The van der Waals surface area contributed by atoms with Crippen LogP contribution in [0.1, 0.15) is 15.9 Å². The van der Waals surface area contributed by atoms with Crippen molar-refractivity contribution in [1.29, 1.82) is 0 Å². The molecule has 0 bridgehead atoms. The molecule has 23 heavy (non-hydrogen) atoms. The van der Waals surface area contributed by atoms with Gasteiger partial charge in [-0.05, 0) is 30.3 Å². The molecule has 0 unspecified atom stereocenters. The number of halogens is 3. The van der Waals surface area contributed by atoms with Crippen LogP contribution in [0.2, 0.25) is 0 Å². The molecule has 1 aromatic heterocycles. The average molecular weight is 322 g/mol. The summed E-state index contributed by atoms with van der Waals surface area (Å²) in [5.74, 6) is 0.128. The molecule has 7 heteroatoms. The summed E-state index contributed by atoms with van der Waals surface area (Å²) in [6, 6.07) is 8.16. The highest BCUT2D eigenvalue weighted by atomic mass is 19.4. The fourth-order valence-corrected chi connectivity index (χ4v) is 1.67. The summed E-state index contributed by atoms with van der Waals surface area (Å²) >= 11 is 0. The van der Waals surface area contributed by atoms with Crippen LogP contribution in [0.25, 0.3) is 0 Å². The van der Waals surface area contributed by atoms with Crippen LogP contribution in [0.15, 0.2) is 55.3 Å². The van der Waals surface area contributed by atoms with Crippen molar-refractivity contribution in [2.45, 2.75) is 6.18 Å². The molecule has 0 saturated heterocycles. The molecule has 0 radical (unpaired) electrons. The number of ether oxygens (including phenoxy) is 1. The van der Waals surface area contributed by atoms with Crippen molar-refractivity contribution >= 4 is 5.91 Å². The van der Waals surface area contributed by atoms with Crippen molar-refractivity contribution in [3.8, 4) is 11.6 Å². The summed E-state index contributed by atoms with van der Waals surface area (Å²) in [6.45, 7) is 3.85. The number of hydrogen-bond donors (Lipinski definition) is 1. The first-order valence-corrected chi connectivity index (χ1v) is 6.60. The molecular weight excluding hydrogens is 309 g/mol. The van der Waals surface area contributed by atoms with Crippen molar-refractivity contribution in [1.82, 2.24) is 10.3 Å². The number of carbonyl (C=O) groups is 1. The lowest BCUT2D eigenvalue weighted by molar-refractivity contribution is -0.137. The number of amides is 1. The molecule has 0 aliphatic carbocycles. The molecule has 0 saturated carbocycles. The van der Waals surface area contributed by atoms with Crippen LogP contribution in [0, 0.1) is 0 Å². The van der Waals surface area contributed by atoms with E-state index >= 15 is 0 Å². The van der Waals surface area contributed by atoms with Gasteiger partial charge in [-0.3, -0.25) is 4.79 Å². The Balaban J connectivity index is 2.03. The molecular formula is C16H13F3N2O2. The number of aromatic nitrogens is 1. The third-order valence-electron chi connectivity index (χ3n) is 2.81. The highest BCUT2D eigenvalue weighted by molar-refractivity contribution is 5.94. The van der Waals surface area contributed by atoms with Gasteiger partial charge in [-0.25, -0.2) is 4.98 Å². The van der Waals surface area contributed by atoms with Gasteiger partial charge in [-0.15, -0.1) is 6.58 Å². The molecule has 1 aromatic carbocycles. The first-order chi connectivity index (χ1) is 10.9. The standard InChI is InChI=1S/C16H13F3N2O2/c1-2-9-20-15(22)11-3-6-13(7-4-11)23-14-8-5-12(10-21-14)16(17,18)19/h2-8,10H,1,9H2,(H,20,22). The Bertz CT molecular complexity index is 680. The van der Waals surface area contributed by atoms with Crippen LogP contribution in [0.4, 0.5) is 13.2 Å². The van der Waals surface area contributed by atoms with Crippen molar-refractivity contribution < 1.29 is 22.7 Å². The number of nitrogens with one attached hydrogen (secondary N) is 1. The van der Waals surface area contributed by atoms with E-state index in [-0.39, 0.29) is 11.8 Å². The SMILES string of the molecule is C=CCNC(=O)c1ccc(Oc2ccc(C(F)(F)F)cn2)cc1. The Labute approximate surface area is 130 Å². The van der Waals surface area contributed by atoms with E-state index in [1.165, 1.54) is 24.3 Å². The van der Waals surface area contributed by atoms with Crippen LogP contribution in [-0.2, 0) is 6.18 Å².